The lowest BCUT2D eigenvalue weighted by Gasteiger charge is -2.31. The lowest BCUT2D eigenvalue weighted by Crippen LogP contribution is -2.43. The van der Waals surface area contributed by atoms with Crippen molar-refractivity contribution in [2.75, 3.05) is 44.9 Å². The van der Waals surface area contributed by atoms with Gasteiger partial charge in [0.25, 0.3) is 0 Å². The molecule has 0 aliphatic carbocycles. The zero-order chi connectivity index (χ0) is 31.0. The fourth-order valence-electron chi connectivity index (χ4n) is 7.76. The van der Waals surface area contributed by atoms with Crippen LogP contribution in [0.15, 0.2) is 24.3 Å². The quantitative estimate of drug-likeness (QED) is 0.308. The molecular formula is C33H30F3N5O4. The summed E-state index contributed by atoms with van der Waals surface area (Å²) >= 11 is 0. The topological polar surface area (TPSA) is 93.1 Å². The molecule has 232 valence electrons. The molecule has 2 bridgehead atoms. The summed E-state index contributed by atoms with van der Waals surface area (Å²) in [5.74, 6) is 1.10. The number of hydrogen-bond donors (Lipinski definition) is 1. The maximum atomic E-state index is 16.9. The molecule has 0 spiro atoms. The summed E-state index contributed by atoms with van der Waals surface area (Å²) < 4.78 is 64.0. The van der Waals surface area contributed by atoms with Crippen LogP contribution in [-0.2, 0) is 4.74 Å². The first kappa shape index (κ1) is 28.2. The van der Waals surface area contributed by atoms with Crippen LogP contribution in [0.5, 0.6) is 17.6 Å². The Balaban J connectivity index is 1.33. The van der Waals surface area contributed by atoms with Crippen LogP contribution in [0.4, 0.5) is 19.0 Å². The number of halogens is 3. The van der Waals surface area contributed by atoms with Gasteiger partial charge in [-0.2, -0.15) is 9.97 Å². The standard InChI is InChI=1S/C33H30F3N5O4/c1-3-22-24(35)6-5-17-9-20(42)11-23(25(17)22)28-27(36)29-26(31(37-28)43-2)30(41-14-21-10-19(41)15-44-21)39-32(38-29)45-16-33-7-4-8-40(33)13-18(34)12-33/h1,5-6,9,11,18-19,21,42H,4,7-8,10,12-16H2,2H3. The van der Waals surface area contributed by atoms with E-state index >= 15 is 4.39 Å². The smallest absolute Gasteiger partial charge is 0.319 e. The van der Waals surface area contributed by atoms with Crippen molar-refractivity contribution in [3.8, 4) is 41.2 Å². The van der Waals surface area contributed by atoms with Crippen LogP contribution in [0.3, 0.4) is 0 Å². The van der Waals surface area contributed by atoms with Gasteiger partial charge in [-0.05, 0) is 49.4 Å². The van der Waals surface area contributed by atoms with Crippen molar-refractivity contribution in [2.24, 2.45) is 0 Å². The van der Waals surface area contributed by atoms with Gasteiger partial charge in [0, 0.05) is 30.5 Å². The van der Waals surface area contributed by atoms with Crippen molar-refractivity contribution < 1.29 is 32.5 Å². The Hall–Kier alpha value is -4.34. The normalized spacial score (nSPS) is 25.8. The molecule has 4 aromatic rings. The molecule has 4 saturated heterocycles. The van der Waals surface area contributed by atoms with Crippen LogP contribution in [0.25, 0.3) is 32.9 Å². The fourth-order valence-corrected chi connectivity index (χ4v) is 7.76. The van der Waals surface area contributed by atoms with E-state index in [-0.39, 0.29) is 69.5 Å². The number of morpholine rings is 1. The van der Waals surface area contributed by atoms with E-state index in [0.717, 1.165) is 25.8 Å². The second-order valence-electron chi connectivity index (χ2n) is 12.4. The molecule has 9 nitrogen and oxygen atoms in total. The molecular weight excluding hydrogens is 587 g/mol. The highest BCUT2D eigenvalue weighted by molar-refractivity contribution is 6.04. The van der Waals surface area contributed by atoms with Crippen LogP contribution in [-0.4, -0.2) is 88.8 Å². The van der Waals surface area contributed by atoms with Gasteiger partial charge < -0.3 is 24.2 Å². The second kappa shape index (κ2) is 10.4. The number of aromatic hydroxyl groups is 1. The third kappa shape index (κ3) is 4.35. The molecule has 6 heterocycles. The van der Waals surface area contributed by atoms with Crippen molar-refractivity contribution in [1.29, 1.82) is 0 Å². The Morgan fingerprint density at radius 3 is 2.80 bits per heavy atom. The maximum absolute atomic E-state index is 16.9. The van der Waals surface area contributed by atoms with Gasteiger partial charge in [-0.15, -0.1) is 6.42 Å². The largest absolute Gasteiger partial charge is 0.508 e. The minimum atomic E-state index is -0.938. The van der Waals surface area contributed by atoms with E-state index in [1.807, 2.05) is 4.90 Å². The highest BCUT2D eigenvalue weighted by Gasteiger charge is 2.49. The van der Waals surface area contributed by atoms with Gasteiger partial charge in [0.1, 0.15) is 46.8 Å². The number of ether oxygens (including phenoxy) is 3. The average Bonchev–Trinajstić information content (AvgIpc) is 3.81. The van der Waals surface area contributed by atoms with Gasteiger partial charge in [0.2, 0.25) is 5.88 Å². The second-order valence-corrected chi connectivity index (χ2v) is 12.4. The summed E-state index contributed by atoms with van der Waals surface area (Å²) in [4.78, 5) is 18.0. The number of rotatable bonds is 6. The molecule has 12 heteroatoms. The number of aromatic nitrogens is 3. The highest BCUT2D eigenvalue weighted by Crippen LogP contribution is 2.45. The number of phenolic OH excluding ortho intramolecular Hbond substituents is 1. The minimum absolute atomic E-state index is 0.00843. The zero-order valence-corrected chi connectivity index (χ0v) is 24.5. The Morgan fingerprint density at radius 1 is 1.18 bits per heavy atom. The van der Waals surface area contributed by atoms with E-state index in [1.54, 1.807) is 0 Å². The van der Waals surface area contributed by atoms with Crippen LogP contribution >= 0.6 is 0 Å². The number of anilines is 1. The molecule has 8 rings (SSSR count). The Kier molecular flexibility index (Phi) is 6.48. The molecule has 4 atom stereocenters. The van der Waals surface area contributed by atoms with Gasteiger partial charge in [-0.25, -0.2) is 18.2 Å². The van der Waals surface area contributed by atoms with E-state index in [9.17, 15) is 13.9 Å². The van der Waals surface area contributed by atoms with E-state index in [1.165, 1.54) is 31.4 Å². The first-order valence-electron chi connectivity index (χ1n) is 15.1. The van der Waals surface area contributed by atoms with E-state index in [0.29, 0.717) is 37.3 Å². The fraction of sp³-hybridized carbons (Fsp3) is 0.424. The van der Waals surface area contributed by atoms with Crippen molar-refractivity contribution in [1.82, 2.24) is 19.9 Å². The van der Waals surface area contributed by atoms with E-state index in [4.69, 9.17) is 25.6 Å². The van der Waals surface area contributed by atoms with E-state index < -0.39 is 23.3 Å². The van der Waals surface area contributed by atoms with Crippen LogP contribution in [0, 0.1) is 24.0 Å². The van der Waals surface area contributed by atoms with Crippen LogP contribution in [0.1, 0.15) is 31.2 Å². The monoisotopic (exact) mass is 617 g/mol. The highest BCUT2D eigenvalue weighted by atomic mass is 19.1. The SMILES string of the molecule is C#Cc1c(F)ccc2cc(O)cc(-c3nc(OC)c4c(N5CC6CC5CO6)nc(OCC56CCCN5CC(F)C6)nc4c3F)c12. The molecule has 0 saturated carbocycles. The Labute approximate surface area is 256 Å². The third-order valence-electron chi connectivity index (χ3n) is 9.76. The van der Waals surface area contributed by atoms with Crippen molar-refractivity contribution in [2.45, 2.75) is 49.5 Å². The average molecular weight is 618 g/mol. The molecule has 2 aromatic carbocycles. The van der Waals surface area contributed by atoms with Crippen molar-refractivity contribution in [3.05, 3.63) is 41.5 Å². The van der Waals surface area contributed by atoms with Gasteiger partial charge in [0.05, 0.1) is 37.0 Å². The van der Waals surface area contributed by atoms with Gasteiger partial charge in [-0.1, -0.05) is 12.0 Å². The molecule has 4 fully saturated rings. The molecule has 0 radical (unpaired) electrons. The summed E-state index contributed by atoms with van der Waals surface area (Å²) in [7, 11) is 1.41. The maximum Gasteiger partial charge on any atom is 0.319 e. The van der Waals surface area contributed by atoms with Crippen LogP contribution in [0.2, 0.25) is 0 Å². The number of benzene rings is 2. The molecule has 2 aromatic heterocycles. The molecule has 0 amide bonds. The number of pyridine rings is 1. The predicted octanol–water partition coefficient (Wildman–Crippen LogP) is 4.75. The number of hydrogen-bond acceptors (Lipinski definition) is 9. The lowest BCUT2D eigenvalue weighted by molar-refractivity contribution is 0.0984. The molecule has 4 aliphatic heterocycles. The first-order chi connectivity index (χ1) is 21.8. The molecule has 4 unspecified atom stereocenters. The van der Waals surface area contributed by atoms with Gasteiger partial charge in [0.15, 0.2) is 5.82 Å². The van der Waals surface area contributed by atoms with E-state index in [2.05, 4.69) is 20.8 Å². The number of nitrogens with zero attached hydrogens (tertiary/aromatic N) is 5. The van der Waals surface area contributed by atoms with Gasteiger partial charge >= 0.3 is 6.01 Å². The summed E-state index contributed by atoms with van der Waals surface area (Å²) in [6, 6.07) is 5.31. The summed E-state index contributed by atoms with van der Waals surface area (Å²) in [5, 5.41) is 11.4. The van der Waals surface area contributed by atoms with Crippen molar-refractivity contribution >= 4 is 27.5 Å². The number of terminal acetylenes is 1. The number of phenols is 1. The molecule has 45 heavy (non-hydrogen) atoms. The Morgan fingerprint density at radius 2 is 2.04 bits per heavy atom. The minimum Gasteiger partial charge on any atom is -0.508 e. The molecule has 4 aliphatic rings. The van der Waals surface area contributed by atoms with Gasteiger partial charge in [-0.3, -0.25) is 4.90 Å². The summed E-state index contributed by atoms with van der Waals surface area (Å²) in [5.41, 5.74) is -0.834. The lowest BCUT2D eigenvalue weighted by atomic mass is 9.95. The van der Waals surface area contributed by atoms with Crippen LogP contribution < -0.4 is 14.4 Å². The third-order valence-corrected chi connectivity index (χ3v) is 9.76. The number of fused-ring (bicyclic) bond motifs is 5. The number of alkyl halides is 1. The predicted molar refractivity (Wildman–Crippen MR) is 160 cm³/mol. The summed E-state index contributed by atoms with van der Waals surface area (Å²) in [6.07, 6.45) is 7.64. The molecule has 1 N–H and O–H groups in total. The Bertz CT molecular complexity index is 1920. The van der Waals surface area contributed by atoms with Crippen molar-refractivity contribution in [3.63, 3.8) is 0 Å². The first-order valence-corrected chi connectivity index (χ1v) is 15.1. The zero-order valence-electron chi connectivity index (χ0n) is 24.5. The number of methoxy groups -OCH3 is 1. The summed E-state index contributed by atoms with van der Waals surface area (Å²) in [6.45, 7) is 2.35.